The number of nitrogens with one attached hydrogen (secondary N) is 1. The summed E-state index contributed by atoms with van der Waals surface area (Å²) in [5.41, 5.74) is 4.90. The molecule has 2 aromatic carbocycles. The number of hydrogen-bond acceptors (Lipinski definition) is 2. The van der Waals surface area contributed by atoms with E-state index in [4.69, 9.17) is 0 Å². The fourth-order valence-corrected chi connectivity index (χ4v) is 2.51. The molecule has 0 fully saturated rings. The normalized spacial score (nSPS) is 11.2. The molecule has 0 saturated heterocycles. The molecule has 3 rings (SSSR count). The lowest BCUT2D eigenvalue weighted by Crippen LogP contribution is -2.22. The Labute approximate surface area is 125 Å². The van der Waals surface area contributed by atoms with Crippen LogP contribution in [0.5, 0.6) is 0 Å². The van der Waals surface area contributed by atoms with E-state index in [2.05, 4.69) is 72.7 Å². The molecule has 1 aromatic heterocycles. The van der Waals surface area contributed by atoms with Crippen molar-refractivity contribution in [2.45, 2.75) is 26.4 Å². The summed E-state index contributed by atoms with van der Waals surface area (Å²) in [7, 11) is 0. The topological polar surface area (TPSA) is 24.9 Å². The van der Waals surface area contributed by atoms with Gasteiger partial charge in [-0.3, -0.25) is 4.98 Å². The molecule has 0 saturated carbocycles. The van der Waals surface area contributed by atoms with E-state index in [-0.39, 0.29) is 0 Å². The van der Waals surface area contributed by atoms with Gasteiger partial charge in [0.05, 0.1) is 5.52 Å². The van der Waals surface area contributed by atoms with Crippen molar-refractivity contribution in [1.29, 1.82) is 0 Å². The molecule has 0 unspecified atom stereocenters. The van der Waals surface area contributed by atoms with E-state index in [1.165, 1.54) is 22.1 Å². The van der Waals surface area contributed by atoms with Crippen molar-refractivity contribution >= 4 is 10.9 Å². The summed E-state index contributed by atoms with van der Waals surface area (Å²) in [5.74, 6) is 0. The van der Waals surface area contributed by atoms with Crippen LogP contribution in [0.15, 0.2) is 60.8 Å². The zero-order valence-electron chi connectivity index (χ0n) is 12.5. The van der Waals surface area contributed by atoms with Gasteiger partial charge in [0.1, 0.15) is 0 Å². The maximum Gasteiger partial charge on any atom is 0.0702 e. The van der Waals surface area contributed by atoms with Gasteiger partial charge in [-0.2, -0.15) is 0 Å². The summed E-state index contributed by atoms with van der Waals surface area (Å²) in [6, 6.07) is 19.6. The summed E-state index contributed by atoms with van der Waals surface area (Å²) in [4.78, 5) is 4.39. The second-order valence-corrected chi connectivity index (χ2v) is 5.60. The molecule has 0 bridgehead atoms. The number of hydrogen-bond donors (Lipinski definition) is 1. The molecular formula is C19H20N2. The average molecular weight is 276 g/mol. The van der Waals surface area contributed by atoms with Gasteiger partial charge < -0.3 is 5.32 Å². The Morgan fingerprint density at radius 3 is 2.71 bits per heavy atom. The molecule has 2 nitrogen and oxygen atoms in total. The molecule has 0 amide bonds. The summed E-state index contributed by atoms with van der Waals surface area (Å²) in [5, 5.41) is 4.68. The van der Waals surface area contributed by atoms with Crippen LogP contribution in [0.25, 0.3) is 22.0 Å². The van der Waals surface area contributed by atoms with E-state index in [0.29, 0.717) is 6.04 Å². The lowest BCUT2D eigenvalue weighted by atomic mass is 9.98. The monoisotopic (exact) mass is 276 g/mol. The van der Waals surface area contributed by atoms with Crippen molar-refractivity contribution < 1.29 is 0 Å². The van der Waals surface area contributed by atoms with Crippen LogP contribution in [0, 0.1) is 0 Å². The van der Waals surface area contributed by atoms with Gasteiger partial charge in [-0.25, -0.2) is 0 Å². The van der Waals surface area contributed by atoms with E-state index in [0.717, 1.165) is 12.1 Å². The lowest BCUT2D eigenvalue weighted by Gasteiger charge is -2.13. The highest BCUT2D eigenvalue weighted by atomic mass is 14.9. The largest absolute Gasteiger partial charge is 0.310 e. The van der Waals surface area contributed by atoms with Crippen LogP contribution in [-0.4, -0.2) is 11.0 Å². The molecule has 0 aliphatic carbocycles. The minimum Gasteiger partial charge on any atom is -0.310 e. The molecule has 0 radical (unpaired) electrons. The van der Waals surface area contributed by atoms with E-state index in [1.807, 2.05) is 12.3 Å². The van der Waals surface area contributed by atoms with Crippen molar-refractivity contribution in [1.82, 2.24) is 10.3 Å². The third kappa shape index (κ3) is 3.11. The molecule has 21 heavy (non-hydrogen) atoms. The fraction of sp³-hybridized carbons (Fsp3) is 0.211. The highest BCUT2D eigenvalue weighted by Crippen LogP contribution is 2.26. The van der Waals surface area contributed by atoms with E-state index in [1.54, 1.807) is 0 Å². The number of fused-ring (bicyclic) bond motifs is 1. The number of benzene rings is 2. The van der Waals surface area contributed by atoms with Crippen LogP contribution in [0.3, 0.4) is 0 Å². The highest BCUT2D eigenvalue weighted by molar-refractivity contribution is 5.84. The second-order valence-electron chi connectivity index (χ2n) is 5.60. The maximum atomic E-state index is 4.39. The molecule has 106 valence electrons. The molecule has 0 aliphatic heterocycles. The van der Waals surface area contributed by atoms with E-state index in [9.17, 15) is 0 Å². The van der Waals surface area contributed by atoms with Crippen molar-refractivity contribution in [3.8, 4) is 11.1 Å². The molecule has 2 heteroatoms. The van der Waals surface area contributed by atoms with Crippen LogP contribution in [0.4, 0.5) is 0 Å². The van der Waals surface area contributed by atoms with Gasteiger partial charge in [0.25, 0.3) is 0 Å². The Kier molecular flexibility index (Phi) is 3.98. The Bertz CT molecular complexity index is 747. The number of aromatic nitrogens is 1. The third-order valence-electron chi connectivity index (χ3n) is 3.63. The zero-order chi connectivity index (χ0) is 14.7. The summed E-state index contributed by atoms with van der Waals surface area (Å²) in [6.07, 6.45) is 1.84. The van der Waals surface area contributed by atoms with Crippen LogP contribution >= 0.6 is 0 Å². The van der Waals surface area contributed by atoms with Gasteiger partial charge in [0, 0.05) is 24.2 Å². The second kappa shape index (κ2) is 6.06. The van der Waals surface area contributed by atoms with Gasteiger partial charge >= 0.3 is 0 Å². The van der Waals surface area contributed by atoms with Crippen LogP contribution in [0.1, 0.15) is 19.4 Å². The van der Waals surface area contributed by atoms with Gasteiger partial charge in [0.15, 0.2) is 0 Å². The van der Waals surface area contributed by atoms with Crippen LogP contribution in [0.2, 0.25) is 0 Å². The number of pyridine rings is 1. The predicted molar refractivity (Wildman–Crippen MR) is 89.2 cm³/mol. The van der Waals surface area contributed by atoms with Crippen molar-refractivity contribution in [2.24, 2.45) is 0 Å². The summed E-state index contributed by atoms with van der Waals surface area (Å²) < 4.78 is 0. The van der Waals surface area contributed by atoms with Crippen LogP contribution < -0.4 is 5.32 Å². The lowest BCUT2D eigenvalue weighted by molar-refractivity contribution is 0.589. The minimum absolute atomic E-state index is 0.485. The standard InChI is InChI=1S/C19H20N2/c1-14(2)21-13-17-6-3-4-8-18(17)15-9-10-19-16(12-15)7-5-11-20-19/h3-12,14,21H,13H2,1-2H3. The first-order chi connectivity index (χ1) is 10.2. The summed E-state index contributed by atoms with van der Waals surface area (Å²) in [6.45, 7) is 5.23. The molecule has 1 N–H and O–H groups in total. The molecule has 0 spiro atoms. The maximum absolute atomic E-state index is 4.39. The quantitative estimate of drug-likeness (QED) is 0.764. The predicted octanol–water partition coefficient (Wildman–Crippen LogP) is 4.40. The number of nitrogens with zero attached hydrogens (tertiary/aromatic N) is 1. The molecule has 3 aromatic rings. The third-order valence-corrected chi connectivity index (χ3v) is 3.63. The first kappa shape index (κ1) is 13.8. The molecular weight excluding hydrogens is 256 g/mol. The van der Waals surface area contributed by atoms with Crippen LogP contribution in [-0.2, 0) is 6.54 Å². The van der Waals surface area contributed by atoms with Gasteiger partial charge in [-0.05, 0) is 34.9 Å². The first-order valence-electron chi connectivity index (χ1n) is 7.40. The SMILES string of the molecule is CC(C)NCc1ccccc1-c1ccc2ncccc2c1. The van der Waals surface area contributed by atoms with E-state index >= 15 is 0 Å². The Morgan fingerprint density at radius 1 is 1.00 bits per heavy atom. The first-order valence-corrected chi connectivity index (χ1v) is 7.40. The Morgan fingerprint density at radius 2 is 1.86 bits per heavy atom. The zero-order valence-corrected chi connectivity index (χ0v) is 12.5. The van der Waals surface area contributed by atoms with Crippen molar-refractivity contribution in [3.63, 3.8) is 0 Å². The van der Waals surface area contributed by atoms with Gasteiger partial charge in [-0.15, -0.1) is 0 Å². The average Bonchev–Trinajstić information content (AvgIpc) is 2.52. The number of rotatable bonds is 4. The molecule has 0 atom stereocenters. The Hall–Kier alpha value is -2.19. The van der Waals surface area contributed by atoms with Crippen molar-refractivity contribution in [2.75, 3.05) is 0 Å². The fourth-order valence-electron chi connectivity index (χ4n) is 2.51. The highest BCUT2D eigenvalue weighted by Gasteiger charge is 2.06. The molecule has 1 heterocycles. The Balaban J connectivity index is 2.01. The smallest absolute Gasteiger partial charge is 0.0702 e. The van der Waals surface area contributed by atoms with E-state index < -0.39 is 0 Å². The van der Waals surface area contributed by atoms with Gasteiger partial charge in [0.2, 0.25) is 0 Å². The van der Waals surface area contributed by atoms with Crippen molar-refractivity contribution in [3.05, 3.63) is 66.4 Å². The van der Waals surface area contributed by atoms with Gasteiger partial charge in [-0.1, -0.05) is 50.2 Å². The summed E-state index contributed by atoms with van der Waals surface area (Å²) >= 11 is 0. The molecule has 0 aliphatic rings. The minimum atomic E-state index is 0.485.